The Balaban J connectivity index is 2.68. The van der Waals surface area contributed by atoms with Crippen LogP contribution in [-0.2, 0) is 4.79 Å². The minimum absolute atomic E-state index is 0.0676. The number of hydrogen-bond acceptors (Lipinski definition) is 2. The average Bonchev–Trinajstić information content (AvgIpc) is 3.06. The summed E-state index contributed by atoms with van der Waals surface area (Å²) in [6.45, 7) is 9.93. The minimum atomic E-state index is -0.901. The second-order valence-corrected chi connectivity index (χ2v) is 6.14. The maximum Gasteiger partial charge on any atom is 0.318 e. The summed E-state index contributed by atoms with van der Waals surface area (Å²) in [5, 5.41) is 11.8. The number of hydrogen-bond donors (Lipinski definition) is 2. The molecule has 5 heteroatoms. The Kier molecular flexibility index (Phi) is 4.97. The molecule has 0 aromatic heterocycles. The van der Waals surface area contributed by atoms with Crippen molar-refractivity contribution in [2.75, 3.05) is 6.54 Å². The summed E-state index contributed by atoms with van der Waals surface area (Å²) in [6.07, 6.45) is 3.66. The van der Waals surface area contributed by atoms with Crippen molar-refractivity contribution in [1.29, 1.82) is 0 Å². The highest BCUT2D eigenvalue weighted by molar-refractivity contribution is 5.77. The molecule has 1 aliphatic rings. The van der Waals surface area contributed by atoms with Crippen molar-refractivity contribution in [3.8, 4) is 0 Å². The van der Waals surface area contributed by atoms with Crippen LogP contribution >= 0.6 is 0 Å². The number of carboxylic acid groups (broad SMARTS) is 1. The molecule has 0 spiro atoms. The van der Waals surface area contributed by atoms with E-state index < -0.39 is 5.97 Å². The summed E-state index contributed by atoms with van der Waals surface area (Å²) in [5.41, 5.74) is -0.294. The molecule has 19 heavy (non-hydrogen) atoms. The van der Waals surface area contributed by atoms with Gasteiger partial charge in [0.25, 0.3) is 0 Å². The fourth-order valence-electron chi connectivity index (χ4n) is 1.90. The second kappa shape index (κ2) is 6.08. The Morgan fingerprint density at radius 1 is 1.47 bits per heavy atom. The molecule has 1 unspecified atom stereocenters. The fourth-order valence-corrected chi connectivity index (χ4v) is 1.90. The average molecular weight is 268 g/mol. The lowest BCUT2D eigenvalue weighted by molar-refractivity contribution is -0.138. The Morgan fingerprint density at radius 3 is 2.42 bits per heavy atom. The lowest BCUT2D eigenvalue weighted by atomic mass is 9.85. The molecule has 2 amide bonds. The van der Waals surface area contributed by atoms with Gasteiger partial charge in [-0.2, -0.15) is 0 Å². The number of carbonyl (C=O) groups excluding carboxylic acids is 1. The van der Waals surface area contributed by atoms with Gasteiger partial charge >= 0.3 is 12.0 Å². The number of amides is 2. The van der Waals surface area contributed by atoms with E-state index in [1.54, 1.807) is 11.0 Å². The smallest absolute Gasteiger partial charge is 0.318 e. The maximum atomic E-state index is 12.2. The van der Waals surface area contributed by atoms with Crippen molar-refractivity contribution in [2.45, 2.75) is 52.1 Å². The van der Waals surface area contributed by atoms with Crippen LogP contribution in [0.2, 0.25) is 0 Å². The molecule has 1 saturated carbocycles. The molecule has 0 aromatic rings. The number of aliphatic carboxylic acids is 1. The first-order valence-corrected chi connectivity index (χ1v) is 6.65. The van der Waals surface area contributed by atoms with Crippen molar-refractivity contribution in [1.82, 2.24) is 10.2 Å². The molecule has 0 aliphatic heterocycles. The third-order valence-corrected chi connectivity index (χ3v) is 3.30. The highest BCUT2D eigenvalue weighted by Gasteiger charge is 2.35. The highest BCUT2D eigenvalue weighted by Crippen LogP contribution is 2.28. The zero-order chi connectivity index (χ0) is 14.6. The molecule has 1 aliphatic carbocycles. The number of nitrogens with one attached hydrogen (secondary N) is 1. The van der Waals surface area contributed by atoms with E-state index in [1.807, 2.05) is 20.8 Å². The highest BCUT2D eigenvalue weighted by atomic mass is 16.4. The first-order chi connectivity index (χ1) is 8.75. The van der Waals surface area contributed by atoms with Crippen LogP contribution in [0.5, 0.6) is 0 Å². The lowest BCUT2D eigenvalue weighted by Crippen LogP contribution is -2.51. The van der Waals surface area contributed by atoms with Gasteiger partial charge in [-0.3, -0.25) is 4.79 Å². The summed E-state index contributed by atoms with van der Waals surface area (Å²) in [7, 11) is 0. The van der Waals surface area contributed by atoms with Gasteiger partial charge in [-0.1, -0.05) is 26.8 Å². The van der Waals surface area contributed by atoms with E-state index in [4.69, 9.17) is 5.11 Å². The Hall–Kier alpha value is -1.52. The van der Waals surface area contributed by atoms with Gasteiger partial charge < -0.3 is 15.3 Å². The van der Waals surface area contributed by atoms with Crippen LogP contribution in [-0.4, -0.2) is 40.6 Å². The van der Waals surface area contributed by atoms with Crippen LogP contribution in [0.25, 0.3) is 0 Å². The van der Waals surface area contributed by atoms with Crippen LogP contribution in [0.4, 0.5) is 4.79 Å². The number of carbonyl (C=O) groups is 2. The lowest BCUT2D eigenvalue weighted by Gasteiger charge is -2.33. The number of carboxylic acids is 1. The zero-order valence-corrected chi connectivity index (χ0v) is 12.0. The SMILES string of the molecule is C=CCN(C(=O)NC(CC(=O)O)C(C)(C)C)C1CC1. The van der Waals surface area contributed by atoms with Crippen LogP contribution in [0.15, 0.2) is 12.7 Å². The van der Waals surface area contributed by atoms with Crippen molar-refractivity contribution in [3.05, 3.63) is 12.7 Å². The van der Waals surface area contributed by atoms with Gasteiger partial charge in [0.1, 0.15) is 0 Å². The number of urea groups is 1. The van der Waals surface area contributed by atoms with Crippen LogP contribution in [0.1, 0.15) is 40.0 Å². The normalized spacial score (nSPS) is 16.6. The van der Waals surface area contributed by atoms with Gasteiger partial charge in [-0.05, 0) is 18.3 Å². The first-order valence-electron chi connectivity index (χ1n) is 6.65. The van der Waals surface area contributed by atoms with E-state index >= 15 is 0 Å². The predicted octanol–water partition coefficient (Wildman–Crippen LogP) is 2.24. The first kappa shape index (κ1) is 15.5. The standard InChI is InChI=1S/C14H24N2O3/c1-5-8-16(10-6-7-10)13(19)15-11(9-12(17)18)14(2,3)4/h5,10-11H,1,6-9H2,2-4H3,(H,15,19)(H,17,18). The monoisotopic (exact) mass is 268 g/mol. The Morgan fingerprint density at radius 2 is 2.05 bits per heavy atom. The Bertz CT molecular complexity index is 356. The van der Waals surface area contributed by atoms with Gasteiger partial charge in [-0.15, -0.1) is 6.58 Å². The number of rotatable bonds is 6. The van der Waals surface area contributed by atoms with E-state index in [0.717, 1.165) is 12.8 Å². The van der Waals surface area contributed by atoms with E-state index in [-0.39, 0.29) is 30.0 Å². The van der Waals surface area contributed by atoms with Crippen LogP contribution in [0, 0.1) is 5.41 Å². The topological polar surface area (TPSA) is 69.6 Å². The molecule has 0 aromatic carbocycles. The molecular formula is C14H24N2O3. The molecule has 0 radical (unpaired) electrons. The maximum absolute atomic E-state index is 12.2. The molecule has 0 saturated heterocycles. The largest absolute Gasteiger partial charge is 0.481 e. The third-order valence-electron chi connectivity index (χ3n) is 3.30. The van der Waals surface area contributed by atoms with Gasteiger partial charge in [0.15, 0.2) is 0 Å². The molecule has 5 nitrogen and oxygen atoms in total. The van der Waals surface area contributed by atoms with Crippen molar-refractivity contribution in [3.63, 3.8) is 0 Å². The van der Waals surface area contributed by atoms with Crippen molar-refractivity contribution in [2.24, 2.45) is 5.41 Å². The molecule has 108 valence electrons. The van der Waals surface area contributed by atoms with Gasteiger partial charge in [0.2, 0.25) is 0 Å². The van der Waals surface area contributed by atoms with Crippen LogP contribution in [0.3, 0.4) is 0 Å². The predicted molar refractivity (Wildman–Crippen MR) is 74.0 cm³/mol. The summed E-state index contributed by atoms with van der Waals surface area (Å²) >= 11 is 0. The Labute approximate surface area is 114 Å². The molecule has 1 fully saturated rings. The molecule has 2 N–H and O–H groups in total. The molecule has 0 bridgehead atoms. The van der Waals surface area contributed by atoms with Gasteiger partial charge in [0.05, 0.1) is 6.42 Å². The summed E-state index contributed by atoms with van der Waals surface area (Å²) in [6, 6.07) is -0.296. The zero-order valence-electron chi connectivity index (χ0n) is 12.0. The third kappa shape index (κ3) is 4.93. The van der Waals surface area contributed by atoms with E-state index in [1.165, 1.54) is 0 Å². The minimum Gasteiger partial charge on any atom is -0.481 e. The van der Waals surface area contributed by atoms with E-state index in [9.17, 15) is 9.59 Å². The van der Waals surface area contributed by atoms with E-state index in [2.05, 4.69) is 11.9 Å². The van der Waals surface area contributed by atoms with Gasteiger partial charge in [0, 0.05) is 18.6 Å². The molecule has 1 atom stereocenters. The molecular weight excluding hydrogens is 244 g/mol. The second-order valence-electron chi connectivity index (χ2n) is 6.14. The number of nitrogens with zero attached hydrogens (tertiary/aromatic N) is 1. The summed E-state index contributed by atoms with van der Waals surface area (Å²) in [5.74, 6) is -0.901. The van der Waals surface area contributed by atoms with E-state index in [0.29, 0.717) is 6.54 Å². The summed E-state index contributed by atoms with van der Waals surface area (Å²) in [4.78, 5) is 24.9. The van der Waals surface area contributed by atoms with Crippen molar-refractivity contribution < 1.29 is 14.7 Å². The molecule has 1 rings (SSSR count). The molecule has 0 heterocycles. The van der Waals surface area contributed by atoms with Crippen LogP contribution < -0.4 is 5.32 Å². The fraction of sp³-hybridized carbons (Fsp3) is 0.714. The quantitative estimate of drug-likeness (QED) is 0.726. The van der Waals surface area contributed by atoms with Gasteiger partial charge in [-0.25, -0.2) is 4.79 Å². The summed E-state index contributed by atoms with van der Waals surface area (Å²) < 4.78 is 0. The van der Waals surface area contributed by atoms with Crippen molar-refractivity contribution >= 4 is 12.0 Å².